The molecule has 20 heteroatoms. The van der Waals surface area contributed by atoms with E-state index in [-0.39, 0.29) is 194 Å². The Kier molecular flexibility index (Phi) is 50400. The van der Waals surface area contributed by atoms with E-state index in [0.717, 1.165) is 0 Å². The normalized spacial score (nSPS) is 0. The number of rotatable bonds is 0. The molecule has 0 aliphatic carbocycles. The molecule has 0 atom stereocenters. The zero-order valence-corrected chi connectivity index (χ0v) is 29.4. The molecule has 21 radical (unpaired) electrons. The molecule has 0 aromatic heterocycles. The largest absolute Gasteiger partial charge is 0 e. The molecule has 0 saturated carbocycles. The predicted molar refractivity (Wildman–Crippen MR) is 97.0 cm³/mol. The van der Waals surface area contributed by atoms with Crippen LogP contribution < -0.4 is 0 Å². The van der Waals surface area contributed by atoms with Crippen molar-refractivity contribution in [2.24, 2.45) is 0 Å². The van der Waals surface area contributed by atoms with E-state index >= 15 is 0 Å². The maximum atomic E-state index is 0. The van der Waals surface area contributed by atoms with Crippen LogP contribution in [-0.4, -0.2) is 194 Å². The Labute approximate surface area is 192 Å². The van der Waals surface area contributed by atoms with E-state index < -0.39 is 0 Å². The van der Waals surface area contributed by atoms with E-state index in [9.17, 15) is 0 Å². The van der Waals surface area contributed by atoms with Crippen LogP contribution in [0.4, 0.5) is 0 Å². The van der Waals surface area contributed by atoms with Crippen LogP contribution in [0.25, 0.3) is 0 Å². The van der Waals surface area contributed by atoms with Crippen molar-refractivity contribution >= 4 is 123 Å². The molecule has 0 spiro atoms. The fraction of sp³-hybridized carbons (Fsp3) is 0. The zero-order valence-electron chi connectivity index (χ0n) is 10.9. The van der Waals surface area contributed by atoms with E-state index in [0.29, 0.717) is 0 Å². The summed E-state index contributed by atoms with van der Waals surface area (Å²) in [6.07, 6.45) is 0. The molecule has 0 bridgehead atoms. The van der Waals surface area contributed by atoms with E-state index in [1.807, 2.05) is 0 Å². The Bertz CT molecular complexity index is 18.7. The van der Waals surface area contributed by atoms with Crippen LogP contribution in [0.2, 0.25) is 0 Å². The van der Waals surface area contributed by atoms with Crippen LogP contribution in [0.1, 0.15) is 0 Å². The molecule has 26 N–H and O–H groups in total. The van der Waals surface area contributed by atoms with Gasteiger partial charge in [-0.1, -0.05) is 0 Å². The Morgan fingerprint density at radius 2 is 0.200 bits per heavy atom. The van der Waals surface area contributed by atoms with E-state index in [2.05, 4.69) is 0 Å². The smallest absolute Gasteiger partial charge is 0 e. The van der Waals surface area contributed by atoms with Gasteiger partial charge in [0.1, 0.15) is 0 Å². The molecule has 0 unspecified atom stereocenters. The Morgan fingerprint density at radius 1 is 0.200 bits per heavy atom. The maximum absolute atomic E-state index is 0. The summed E-state index contributed by atoms with van der Waals surface area (Å²) in [5.41, 5.74) is 0. The Morgan fingerprint density at radius 3 is 0.200 bits per heavy atom. The van der Waals surface area contributed by atoms with Gasteiger partial charge in [-0.3, -0.25) is 0 Å². The van der Waals surface area contributed by atoms with Crippen LogP contribution in [0, 0.1) is 0 Å². The maximum Gasteiger partial charge on any atom is 0 e. The molecule has 0 rings (SSSR count). The predicted octanol–water partition coefficient (Wildman–Crippen LogP) is -15.3. The fourth-order valence-corrected chi connectivity index (χ4v) is 0. The first-order chi connectivity index (χ1) is 0. The summed E-state index contributed by atoms with van der Waals surface area (Å²) >= 11 is 0. The van der Waals surface area contributed by atoms with Crippen molar-refractivity contribution in [2.75, 3.05) is 0 Å². The van der Waals surface area contributed by atoms with Gasteiger partial charge in [-0.15, -0.1) is 0 Å². The third-order valence-electron chi connectivity index (χ3n) is 0. The minimum Gasteiger partial charge on any atom is 0 e. The topological polar surface area (TPSA) is 410 Å². The molecular weight excluding hydrogens is 716 g/mol. The molecule has 0 aliphatic rings. The second-order valence-electron chi connectivity index (χ2n) is 0. The monoisotopic (exact) mass is 759 g/mol. The summed E-state index contributed by atoms with van der Waals surface area (Å²) in [5.74, 6) is 0. The summed E-state index contributed by atoms with van der Waals surface area (Å²) in [4.78, 5) is 0. The molecule has 0 saturated heterocycles. The minimum atomic E-state index is 0. The third-order valence-corrected chi connectivity index (χ3v) is 0. The second-order valence-corrected chi connectivity index (χ2v) is 0. The molecule has 0 fully saturated rings. The standard InChI is InChI=1S/GeH3.2GeH2.4Ge.13H2O/h1H3;2*1H2;;;;;13*1H2. The summed E-state index contributed by atoms with van der Waals surface area (Å²) in [6, 6.07) is 0. The van der Waals surface area contributed by atoms with Crippen LogP contribution in [-0.2, 0) is 0 Å². The van der Waals surface area contributed by atoms with Crippen LogP contribution in [0.5, 0.6) is 0 Å². The second kappa shape index (κ2) is 938. The first-order valence-electron chi connectivity index (χ1n) is 0. The number of hydrogen-bond donors (Lipinski definition) is 0. The molecule has 20 heavy (non-hydrogen) atoms. The van der Waals surface area contributed by atoms with Crippen molar-refractivity contribution in [1.82, 2.24) is 0 Å². The van der Waals surface area contributed by atoms with E-state index in [1.165, 1.54) is 0 Å². The van der Waals surface area contributed by atoms with Gasteiger partial charge in [0.25, 0.3) is 0 Å². The Balaban J connectivity index is 0. The van der Waals surface area contributed by atoms with Crippen molar-refractivity contribution in [3.05, 3.63) is 0 Å². The minimum absolute atomic E-state index is 0. The van der Waals surface area contributed by atoms with Crippen LogP contribution >= 0.6 is 0 Å². The number of hydrogen-bond acceptors (Lipinski definition) is 0. The van der Waals surface area contributed by atoms with Gasteiger partial charge in [0.05, 0.1) is 0 Å². The molecule has 0 aromatic rings. The summed E-state index contributed by atoms with van der Waals surface area (Å²) < 4.78 is 0. The Hall–Kier alpha value is 3.28. The van der Waals surface area contributed by atoms with Crippen molar-refractivity contribution in [1.29, 1.82) is 0 Å². The summed E-state index contributed by atoms with van der Waals surface area (Å²) in [6.45, 7) is 0. The van der Waals surface area contributed by atoms with Gasteiger partial charge in [0, 0.05) is 70.4 Å². The average Bonchev–Trinajstić information content (AvgIpc) is 0. The van der Waals surface area contributed by atoms with Gasteiger partial charge in [-0.05, 0) is 0 Å². The first kappa shape index (κ1) is 1070. The third kappa shape index (κ3) is 814. The van der Waals surface area contributed by atoms with E-state index in [1.54, 1.807) is 0 Å². The van der Waals surface area contributed by atoms with Gasteiger partial charge in [-0.25, -0.2) is 0 Å². The quantitative estimate of drug-likeness (QED) is 0.208. The molecule has 13 nitrogen and oxygen atoms in total. The zero-order chi connectivity index (χ0) is 0. The van der Waals surface area contributed by atoms with Gasteiger partial charge >= 0.3 is 52.8 Å². The van der Waals surface area contributed by atoms with Gasteiger partial charge in [0.2, 0.25) is 0 Å². The molecule has 0 aromatic carbocycles. The average molecular weight is 750 g/mol. The molecule has 139 valence electrons. The molecule has 0 amide bonds. The first-order valence-corrected chi connectivity index (χ1v) is 0. The summed E-state index contributed by atoms with van der Waals surface area (Å²) in [5, 5.41) is 0. The van der Waals surface area contributed by atoms with Crippen molar-refractivity contribution < 1.29 is 71.2 Å². The SMILES string of the molecule is O.O.O.O.O.O.O.O.O.O.O.O.O.[GeH2].[GeH2].[GeH3].[Ge].[Ge].[Ge].[Ge]. The van der Waals surface area contributed by atoms with Gasteiger partial charge in [-0.2, -0.15) is 0 Å². The van der Waals surface area contributed by atoms with Crippen LogP contribution in [0.15, 0.2) is 0 Å². The van der Waals surface area contributed by atoms with E-state index in [4.69, 9.17) is 0 Å². The van der Waals surface area contributed by atoms with Crippen molar-refractivity contribution in [3.63, 3.8) is 0 Å². The summed E-state index contributed by atoms with van der Waals surface area (Å²) in [7, 11) is 0. The van der Waals surface area contributed by atoms with Gasteiger partial charge < -0.3 is 71.2 Å². The molecule has 0 heterocycles. The van der Waals surface area contributed by atoms with Gasteiger partial charge in [0.15, 0.2) is 0 Å². The molecular formula is H33Ge7O13. The van der Waals surface area contributed by atoms with Crippen molar-refractivity contribution in [3.8, 4) is 0 Å². The molecule has 0 aliphatic heterocycles. The van der Waals surface area contributed by atoms with Crippen LogP contribution in [0.3, 0.4) is 0 Å². The van der Waals surface area contributed by atoms with Crippen molar-refractivity contribution in [2.45, 2.75) is 0 Å². The fourth-order valence-electron chi connectivity index (χ4n) is 0.